The number of methoxy groups -OCH3 is 1. The van der Waals surface area contributed by atoms with Gasteiger partial charge < -0.3 is 14.3 Å². The highest BCUT2D eigenvalue weighted by Crippen LogP contribution is 2.27. The van der Waals surface area contributed by atoms with Crippen molar-refractivity contribution in [1.82, 2.24) is 19.4 Å². The summed E-state index contributed by atoms with van der Waals surface area (Å²) in [5.41, 5.74) is 5.07. The number of aromatic amines is 1. The number of rotatable bonds is 4. The van der Waals surface area contributed by atoms with Gasteiger partial charge in [-0.3, -0.25) is 14.7 Å². The average molecular weight is 406 g/mol. The summed E-state index contributed by atoms with van der Waals surface area (Å²) in [4.78, 5) is 27.5. The van der Waals surface area contributed by atoms with Crippen molar-refractivity contribution in [2.45, 2.75) is 38.8 Å². The third-order valence-corrected chi connectivity index (χ3v) is 6.22. The number of aromatic nitrogens is 3. The minimum absolute atomic E-state index is 0.0208. The van der Waals surface area contributed by atoms with E-state index in [2.05, 4.69) is 44.8 Å². The van der Waals surface area contributed by atoms with Crippen molar-refractivity contribution in [2.75, 3.05) is 20.2 Å². The van der Waals surface area contributed by atoms with E-state index in [-0.39, 0.29) is 5.56 Å². The van der Waals surface area contributed by atoms with Gasteiger partial charge in [-0.15, -0.1) is 0 Å². The summed E-state index contributed by atoms with van der Waals surface area (Å²) >= 11 is 0. The maximum Gasteiger partial charge on any atom is 0.255 e. The number of fused-ring (bicyclic) bond motifs is 2. The molecule has 0 bridgehead atoms. The first-order valence-corrected chi connectivity index (χ1v) is 10.6. The number of aryl methyl sites for hydroxylation is 1. The summed E-state index contributed by atoms with van der Waals surface area (Å²) in [5, 5.41) is 1.19. The van der Waals surface area contributed by atoms with Gasteiger partial charge in [0.1, 0.15) is 5.75 Å². The smallest absolute Gasteiger partial charge is 0.255 e. The van der Waals surface area contributed by atoms with Gasteiger partial charge in [-0.2, -0.15) is 0 Å². The molecule has 0 amide bonds. The fourth-order valence-electron chi connectivity index (χ4n) is 4.59. The number of nitrogens with zero attached hydrogens (tertiary/aromatic N) is 4. The Labute approximate surface area is 175 Å². The predicted octanol–water partition coefficient (Wildman–Crippen LogP) is 2.80. The first-order chi connectivity index (χ1) is 14.6. The van der Waals surface area contributed by atoms with Gasteiger partial charge in [0.15, 0.2) is 5.82 Å². The summed E-state index contributed by atoms with van der Waals surface area (Å²) in [7, 11) is 3.76. The fraction of sp³-hybridized carbons (Fsp3) is 0.435. The molecule has 7 nitrogen and oxygen atoms in total. The molecule has 1 aromatic carbocycles. The van der Waals surface area contributed by atoms with Crippen LogP contribution in [0.1, 0.15) is 41.9 Å². The van der Waals surface area contributed by atoms with Crippen LogP contribution in [0.2, 0.25) is 0 Å². The summed E-state index contributed by atoms with van der Waals surface area (Å²) in [5.74, 6) is 1.53. The monoisotopic (exact) mass is 405 g/mol. The van der Waals surface area contributed by atoms with Gasteiger partial charge in [-0.1, -0.05) is 0 Å². The van der Waals surface area contributed by atoms with E-state index in [9.17, 15) is 4.79 Å². The molecule has 2 aromatic heterocycles. The zero-order chi connectivity index (χ0) is 20.7. The van der Waals surface area contributed by atoms with Crippen molar-refractivity contribution in [1.29, 1.82) is 0 Å². The number of hydrogen-bond donors (Lipinski definition) is 1. The van der Waals surface area contributed by atoms with Crippen LogP contribution in [0.3, 0.4) is 0 Å². The van der Waals surface area contributed by atoms with E-state index in [0.717, 1.165) is 68.0 Å². The van der Waals surface area contributed by atoms with Gasteiger partial charge in [-0.25, -0.2) is 4.98 Å². The predicted molar refractivity (Wildman–Crippen MR) is 117 cm³/mol. The van der Waals surface area contributed by atoms with Gasteiger partial charge >= 0.3 is 0 Å². The van der Waals surface area contributed by atoms with Crippen molar-refractivity contribution in [2.24, 2.45) is 12.0 Å². The Balaban J connectivity index is 1.41. The topological polar surface area (TPSA) is 75.5 Å². The molecule has 5 rings (SSSR count). The van der Waals surface area contributed by atoms with E-state index in [1.165, 1.54) is 16.5 Å². The zero-order valence-electron chi connectivity index (χ0n) is 17.6. The molecule has 30 heavy (non-hydrogen) atoms. The molecule has 1 N–H and O–H groups in total. The molecular weight excluding hydrogens is 378 g/mol. The zero-order valence-corrected chi connectivity index (χ0v) is 17.6. The molecule has 0 aliphatic carbocycles. The highest BCUT2D eigenvalue weighted by molar-refractivity contribution is 5.97. The second-order valence-corrected chi connectivity index (χ2v) is 8.23. The van der Waals surface area contributed by atoms with Crippen molar-refractivity contribution in [3.63, 3.8) is 0 Å². The fourth-order valence-corrected chi connectivity index (χ4v) is 4.59. The lowest BCUT2D eigenvalue weighted by molar-refractivity contribution is 0.242. The molecule has 0 spiro atoms. The summed E-state index contributed by atoms with van der Waals surface area (Å²) < 4.78 is 7.56. The molecule has 0 radical (unpaired) electrons. The molecule has 7 heteroatoms. The largest absolute Gasteiger partial charge is 0.497 e. The Bertz CT molecular complexity index is 1190. The van der Waals surface area contributed by atoms with E-state index in [0.29, 0.717) is 12.4 Å². The summed E-state index contributed by atoms with van der Waals surface area (Å²) in [6.45, 7) is 3.12. The lowest BCUT2D eigenvalue weighted by Crippen LogP contribution is -2.36. The molecule has 3 aromatic rings. The minimum Gasteiger partial charge on any atom is -0.497 e. The minimum atomic E-state index is -0.0208. The first-order valence-electron chi connectivity index (χ1n) is 10.6. The highest BCUT2D eigenvalue weighted by atomic mass is 16.5. The van der Waals surface area contributed by atoms with Gasteiger partial charge in [0.05, 0.1) is 24.1 Å². The van der Waals surface area contributed by atoms with Gasteiger partial charge in [0.25, 0.3) is 5.56 Å². The Hall–Kier alpha value is -2.93. The van der Waals surface area contributed by atoms with Gasteiger partial charge in [0, 0.05) is 56.7 Å². The summed E-state index contributed by atoms with van der Waals surface area (Å²) in [6.07, 6.45) is 6.09. The summed E-state index contributed by atoms with van der Waals surface area (Å²) in [6, 6.07) is 6.17. The Morgan fingerprint density at radius 1 is 1.23 bits per heavy atom. The second-order valence-electron chi connectivity index (χ2n) is 8.23. The van der Waals surface area contributed by atoms with Crippen LogP contribution in [-0.4, -0.2) is 45.3 Å². The van der Waals surface area contributed by atoms with Crippen molar-refractivity contribution in [3.05, 3.63) is 57.4 Å². The molecule has 2 aliphatic rings. The average Bonchev–Trinajstić information content (AvgIpc) is 3.09. The lowest BCUT2D eigenvalue weighted by Gasteiger charge is -2.27. The Kier molecular flexibility index (Phi) is 4.90. The van der Waals surface area contributed by atoms with Crippen LogP contribution in [0.25, 0.3) is 10.9 Å². The SMILES string of the molecule is COc1ccc2c(c1)c(CN1CCc3nc(C4=NCCCC4)[nH]c(=O)c3C1)cn2C. The highest BCUT2D eigenvalue weighted by Gasteiger charge is 2.23. The van der Waals surface area contributed by atoms with Crippen LogP contribution in [0.15, 0.2) is 34.2 Å². The third-order valence-electron chi connectivity index (χ3n) is 6.22. The van der Waals surface area contributed by atoms with E-state index >= 15 is 0 Å². The number of hydrogen-bond acceptors (Lipinski definition) is 5. The molecule has 0 unspecified atom stereocenters. The molecule has 0 saturated carbocycles. The van der Waals surface area contributed by atoms with Gasteiger partial charge in [0.2, 0.25) is 0 Å². The van der Waals surface area contributed by atoms with E-state index in [1.807, 2.05) is 6.07 Å². The van der Waals surface area contributed by atoms with Crippen LogP contribution in [0.5, 0.6) is 5.75 Å². The third kappa shape index (κ3) is 3.43. The number of nitrogens with one attached hydrogen (secondary N) is 1. The van der Waals surface area contributed by atoms with Crippen LogP contribution in [0.4, 0.5) is 0 Å². The van der Waals surface area contributed by atoms with Gasteiger partial charge in [-0.05, 0) is 43.0 Å². The number of H-pyrrole nitrogens is 1. The Morgan fingerprint density at radius 3 is 2.93 bits per heavy atom. The van der Waals surface area contributed by atoms with Crippen LogP contribution in [0, 0.1) is 0 Å². The van der Waals surface area contributed by atoms with Crippen molar-refractivity contribution < 1.29 is 4.74 Å². The number of benzene rings is 1. The number of aliphatic imine (C=N–C) groups is 1. The van der Waals surface area contributed by atoms with Crippen molar-refractivity contribution in [3.8, 4) is 5.75 Å². The van der Waals surface area contributed by atoms with E-state index in [4.69, 9.17) is 9.72 Å². The van der Waals surface area contributed by atoms with Crippen LogP contribution < -0.4 is 10.3 Å². The standard InChI is InChI=1S/C23H27N5O2/c1-27-12-15(17-11-16(30-2)6-7-21(17)27)13-28-10-8-19-18(14-28)23(29)26-22(25-19)20-5-3-4-9-24-20/h6-7,11-12H,3-5,8-10,13-14H2,1-2H3,(H,25,26,29). The quantitative estimate of drug-likeness (QED) is 0.724. The maximum atomic E-state index is 12.8. The lowest BCUT2D eigenvalue weighted by atomic mass is 10.0. The Morgan fingerprint density at radius 2 is 2.13 bits per heavy atom. The molecule has 0 fully saturated rings. The first kappa shape index (κ1) is 19.1. The van der Waals surface area contributed by atoms with Crippen molar-refractivity contribution >= 4 is 16.6 Å². The molecule has 0 atom stereocenters. The molecular formula is C23H27N5O2. The normalized spacial score (nSPS) is 17.1. The molecule has 0 saturated heterocycles. The molecule has 156 valence electrons. The number of ether oxygens (including phenoxy) is 1. The molecule has 4 heterocycles. The molecule has 2 aliphatic heterocycles. The van der Waals surface area contributed by atoms with E-state index < -0.39 is 0 Å². The van der Waals surface area contributed by atoms with Crippen LogP contribution >= 0.6 is 0 Å². The van der Waals surface area contributed by atoms with E-state index in [1.54, 1.807) is 7.11 Å². The van der Waals surface area contributed by atoms with Crippen LogP contribution in [-0.2, 0) is 26.6 Å². The maximum absolute atomic E-state index is 12.8. The second kappa shape index (κ2) is 7.72.